The third-order valence-electron chi connectivity index (χ3n) is 4.31. The van der Waals surface area contributed by atoms with Crippen molar-refractivity contribution in [3.05, 3.63) is 78.2 Å². The van der Waals surface area contributed by atoms with Crippen molar-refractivity contribution >= 4 is 11.7 Å². The number of aliphatic imine (C=N–C) groups is 1. The Morgan fingerprint density at radius 1 is 1.31 bits per heavy atom. The van der Waals surface area contributed by atoms with Gasteiger partial charge in [0.2, 0.25) is 0 Å². The van der Waals surface area contributed by atoms with Crippen molar-refractivity contribution in [1.82, 2.24) is 5.16 Å². The molecule has 0 fully saturated rings. The third-order valence-corrected chi connectivity index (χ3v) is 4.31. The maximum absolute atomic E-state index is 11.9. The van der Waals surface area contributed by atoms with Crippen molar-refractivity contribution in [1.29, 1.82) is 0 Å². The Morgan fingerprint density at radius 3 is 2.69 bits per heavy atom. The molecule has 1 aliphatic heterocycles. The van der Waals surface area contributed by atoms with Crippen LogP contribution in [0.15, 0.2) is 70.7 Å². The second kappa shape index (κ2) is 7.35. The van der Waals surface area contributed by atoms with Crippen LogP contribution in [0.2, 0.25) is 0 Å². The van der Waals surface area contributed by atoms with Crippen molar-refractivity contribution in [3.8, 4) is 11.1 Å². The van der Waals surface area contributed by atoms with Crippen molar-refractivity contribution in [2.24, 2.45) is 4.99 Å². The van der Waals surface area contributed by atoms with Gasteiger partial charge in [0.15, 0.2) is 5.76 Å². The molecule has 1 aliphatic rings. The van der Waals surface area contributed by atoms with Crippen LogP contribution >= 0.6 is 0 Å². The summed E-state index contributed by atoms with van der Waals surface area (Å²) in [6.45, 7) is 9.54. The van der Waals surface area contributed by atoms with E-state index in [1.807, 2.05) is 37.3 Å². The van der Waals surface area contributed by atoms with Gasteiger partial charge in [0.05, 0.1) is 30.5 Å². The number of nitrogens with zero attached hydrogens (tertiary/aromatic N) is 2. The number of aromatic nitrogens is 1. The molecule has 0 spiro atoms. The molecule has 0 aliphatic carbocycles. The first kappa shape index (κ1) is 17.6. The summed E-state index contributed by atoms with van der Waals surface area (Å²) in [6, 6.07) is 7.37. The molecule has 5 nitrogen and oxygen atoms in total. The highest BCUT2D eigenvalue weighted by molar-refractivity contribution is 6.18. The van der Waals surface area contributed by atoms with Crippen molar-refractivity contribution in [2.75, 3.05) is 7.11 Å². The van der Waals surface area contributed by atoms with Gasteiger partial charge in [0, 0.05) is 5.56 Å². The van der Waals surface area contributed by atoms with E-state index in [4.69, 9.17) is 14.3 Å². The van der Waals surface area contributed by atoms with Crippen LogP contribution in [0.5, 0.6) is 0 Å². The van der Waals surface area contributed by atoms with Crippen LogP contribution in [0.25, 0.3) is 11.1 Å². The van der Waals surface area contributed by atoms with Crippen LogP contribution in [0.3, 0.4) is 0 Å². The minimum absolute atomic E-state index is 0.0636. The molecule has 2 heterocycles. The molecule has 1 atom stereocenters. The second-order valence-electron chi connectivity index (χ2n) is 5.89. The zero-order chi connectivity index (χ0) is 18.7. The molecule has 3 rings (SSSR count). The standard InChI is InChI=1S/C21H20N2O3/c1-5-9-14(6-2)20-16-11-8-7-10-15(16)19-13(3)23-26-21(19)17(22-20)12-18(24)25-4/h5-11,17H,1-2,12H2,3-4H3/b14-9+/t17-/m0/s1. The van der Waals surface area contributed by atoms with E-state index in [9.17, 15) is 4.79 Å². The average Bonchev–Trinajstić information content (AvgIpc) is 2.98. The molecule has 0 bridgehead atoms. The van der Waals surface area contributed by atoms with E-state index in [1.165, 1.54) is 7.11 Å². The number of ether oxygens (including phenoxy) is 1. The number of carbonyl (C=O) groups is 1. The largest absolute Gasteiger partial charge is 0.469 e. The van der Waals surface area contributed by atoms with Crippen molar-refractivity contribution in [3.63, 3.8) is 0 Å². The van der Waals surface area contributed by atoms with Crippen LogP contribution < -0.4 is 0 Å². The van der Waals surface area contributed by atoms with Crippen molar-refractivity contribution in [2.45, 2.75) is 19.4 Å². The lowest BCUT2D eigenvalue weighted by atomic mass is 9.92. The fourth-order valence-electron chi connectivity index (χ4n) is 3.11. The number of hydrogen-bond acceptors (Lipinski definition) is 5. The summed E-state index contributed by atoms with van der Waals surface area (Å²) in [5.41, 5.74) is 5.07. The number of allylic oxidation sites excluding steroid dienone is 4. The Balaban J connectivity index is 2.30. The zero-order valence-corrected chi connectivity index (χ0v) is 14.9. The van der Waals surface area contributed by atoms with Crippen LogP contribution in [0.4, 0.5) is 0 Å². The van der Waals surface area contributed by atoms with E-state index >= 15 is 0 Å². The number of benzene rings is 1. The number of rotatable bonds is 5. The number of methoxy groups -OCH3 is 1. The molecule has 0 amide bonds. The van der Waals surface area contributed by atoms with E-state index in [-0.39, 0.29) is 12.4 Å². The molecular formula is C21H20N2O3. The van der Waals surface area contributed by atoms with E-state index in [0.717, 1.165) is 33.7 Å². The maximum atomic E-state index is 11.9. The lowest BCUT2D eigenvalue weighted by molar-refractivity contribution is -0.141. The molecule has 0 unspecified atom stereocenters. The minimum Gasteiger partial charge on any atom is -0.469 e. The van der Waals surface area contributed by atoms with Gasteiger partial charge in [-0.25, -0.2) is 0 Å². The molecule has 0 radical (unpaired) electrons. The number of esters is 1. The van der Waals surface area contributed by atoms with E-state index in [0.29, 0.717) is 5.76 Å². The Kier molecular flexibility index (Phi) is 4.98. The molecule has 132 valence electrons. The van der Waals surface area contributed by atoms with E-state index < -0.39 is 6.04 Å². The fraction of sp³-hybridized carbons (Fsp3) is 0.190. The normalized spacial score (nSPS) is 16.0. The minimum atomic E-state index is -0.533. The lowest BCUT2D eigenvalue weighted by Gasteiger charge is -2.12. The summed E-state index contributed by atoms with van der Waals surface area (Å²) in [5, 5.41) is 4.10. The molecule has 0 saturated carbocycles. The van der Waals surface area contributed by atoms with Crippen molar-refractivity contribution < 1.29 is 14.1 Å². The van der Waals surface area contributed by atoms with Gasteiger partial charge in [-0.05, 0) is 18.1 Å². The monoisotopic (exact) mass is 348 g/mol. The van der Waals surface area contributed by atoms with Crippen LogP contribution in [-0.2, 0) is 9.53 Å². The van der Waals surface area contributed by atoms with Gasteiger partial charge >= 0.3 is 5.97 Å². The molecule has 5 heteroatoms. The number of hydrogen-bond donors (Lipinski definition) is 0. The first-order valence-electron chi connectivity index (χ1n) is 8.26. The lowest BCUT2D eigenvalue weighted by Crippen LogP contribution is -2.10. The Labute approximate surface area is 152 Å². The van der Waals surface area contributed by atoms with Gasteiger partial charge in [-0.15, -0.1) is 0 Å². The highest BCUT2D eigenvalue weighted by Gasteiger charge is 2.31. The van der Waals surface area contributed by atoms with Gasteiger partial charge in [-0.2, -0.15) is 0 Å². The summed E-state index contributed by atoms with van der Waals surface area (Å²) < 4.78 is 10.4. The molecule has 0 N–H and O–H groups in total. The highest BCUT2D eigenvalue weighted by Crippen LogP contribution is 2.40. The summed E-state index contributed by atoms with van der Waals surface area (Å²) >= 11 is 0. The van der Waals surface area contributed by atoms with E-state index in [2.05, 4.69) is 18.3 Å². The number of aryl methyl sites for hydroxylation is 1. The van der Waals surface area contributed by atoms with Gasteiger partial charge in [-0.1, -0.05) is 60.8 Å². The van der Waals surface area contributed by atoms with E-state index in [1.54, 1.807) is 12.2 Å². The van der Waals surface area contributed by atoms with Gasteiger partial charge in [-0.3, -0.25) is 9.79 Å². The Morgan fingerprint density at radius 2 is 2.04 bits per heavy atom. The molecule has 1 aromatic carbocycles. The SMILES string of the molecule is C=C/C=C(\C=C)C1=N[C@@H](CC(=O)OC)c2onc(C)c2-c2ccccc21. The summed E-state index contributed by atoms with van der Waals surface area (Å²) in [6.07, 6.45) is 5.32. The zero-order valence-electron chi connectivity index (χ0n) is 14.9. The van der Waals surface area contributed by atoms with Gasteiger partial charge in [0.25, 0.3) is 0 Å². The Hall–Kier alpha value is -3.21. The molecule has 26 heavy (non-hydrogen) atoms. The third kappa shape index (κ3) is 3.04. The summed E-state index contributed by atoms with van der Waals surface area (Å²) in [5.74, 6) is 0.203. The second-order valence-corrected chi connectivity index (χ2v) is 5.89. The fourth-order valence-corrected chi connectivity index (χ4v) is 3.11. The molecular weight excluding hydrogens is 328 g/mol. The topological polar surface area (TPSA) is 64.7 Å². The predicted octanol–water partition coefficient (Wildman–Crippen LogP) is 4.36. The smallest absolute Gasteiger partial charge is 0.308 e. The molecule has 0 saturated heterocycles. The summed E-state index contributed by atoms with van der Waals surface area (Å²) in [7, 11) is 1.36. The predicted molar refractivity (Wildman–Crippen MR) is 101 cm³/mol. The molecule has 2 aromatic rings. The maximum Gasteiger partial charge on any atom is 0.308 e. The van der Waals surface area contributed by atoms with Crippen LogP contribution in [0.1, 0.15) is 29.5 Å². The summed E-state index contributed by atoms with van der Waals surface area (Å²) in [4.78, 5) is 16.8. The van der Waals surface area contributed by atoms with Crippen LogP contribution in [-0.4, -0.2) is 23.9 Å². The first-order chi connectivity index (χ1) is 12.6. The molecule has 1 aromatic heterocycles. The highest BCUT2D eigenvalue weighted by atomic mass is 16.5. The number of fused-ring (bicyclic) bond motifs is 3. The van der Waals surface area contributed by atoms with Gasteiger partial charge in [0.1, 0.15) is 6.04 Å². The van der Waals surface area contributed by atoms with Crippen LogP contribution in [0, 0.1) is 6.92 Å². The quantitative estimate of drug-likeness (QED) is 0.595. The number of carbonyl (C=O) groups excluding carboxylic acids is 1. The first-order valence-corrected chi connectivity index (χ1v) is 8.26. The van der Waals surface area contributed by atoms with Gasteiger partial charge < -0.3 is 9.26 Å². The Bertz CT molecular complexity index is 934. The average molecular weight is 348 g/mol.